The van der Waals surface area contributed by atoms with Crippen molar-refractivity contribution in [3.63, 3.8) is 0 Å². The number of aldehydes is 1. The highest BCUT2D eigenvalue weighted by Crippen LogP contribution is 2.44. The van der Waals surface area contributed by atoms with Crippen LogP contribution in [0, 0.1) is 17.3 Å². The maximum Gasteiger partial charge on any atom is 0.126 e. The Bertz CT molecular complexity index is 207. The van der Waals surface area contributed by atoms with Crippen LogP contribution in [0.3, 0.4) is 0 Å². The van der Waals surface area contributed by atoms with Crippen LogP contribution in [0.15, 0.2) is 0 Å². The summed E-state index contributed by atoms with van der Waals surface area (Å²) in [4.78, 5) is 11.3. The fourth-order valence-electron chi connectivity index (χ4n) is 3.56. The van der Waals surface area contributed by atoms with Crippen molar-refractivity contribution in [3.05, 3.63) is 0 Å². The third-order valence-electron chi connectivity index (χ3n) is 4.68. The second kappa shape index (κ2) is 4.67. The molecular weight excluding hydrogens is 184 g/mol. The van der Waals surface area contributed by atoms with Crippen molar-refractivity contribution in [1.82, 2.24) is 0 Å². The number of hydrogen-bond acceptors (Lipinski definition) is 1. The summed E-state index contributed by atoms with van der Waals surface area (Å²) in [6.07, 6.45) is 12.9. The summed E-state index contributed by atoms with van der Waals surface area (Å²) >= 11 is 0. The van der Waals surface area contributed by atoms with Gasteiger partial charge in [0, 0.05) is 5.41 Å². The van der Waals surface area contributed by atoms with E-state index in [1.165, 1.54) is 64.1 Å². The molecule has 0 unspecified atom stereocenters. The van der Waals surface area contributed by atoms with Gasteiger partial charge < -0.3 is 4.79 Å². The van der Waals surface area contributed by atoms with Crippen LogP contribution >= 0.6 is 0 Å². The molecule has 1 heteroatoms. The molecule has 0 bridgehead atoms. The van der Waals surface area contributed by atoms with Gasteiger partial charge in [-0.05, 0) is 31.1 Å². The molecule has 86 valence electrons. The first-order valence-electron chi connectivity index (χ1n) is 6.70. The van der Waals surface area contributed by atoms with E-state index in [1.54, 1.807) is 0 Å². The van der Waals surface area contributed by atoms with Crippen molar-refractivity contribution in [1.29, 1.82) is 0 Å². The zero-order valence-electron chi connectivity index (χ0n) is 10.0. The highest BCUT2D eigenvalue weighted by atomic mass is 16.1. The Hall–Kier alpha value is -0.330. The van der Waals surface area contributed by atoms with Crippen molar-refractivity contribution in [3.8, 4) is 0 Å². The van der Waals surface area contributed by atoms with E-state index in [2.05, 4.69) is 6.92 Å². The molecule has 0 saturated heterocycles. The molecule has 0 aromatic rings. The molecule has 0 N–H and O–H groups in total. The van der Waals surface area contributed by atoms with E-state index in [4.69, 9.17) is 0 Å². The smallest absolute Gasteiger partial charge is 0.126 e. The van der Waals surface area contributed by atoms with Crippen LogP contribution in [-0.4, -0.2) is 6.29 Å². The predicted octanol–water partition coefficient (Wildman–Crippen LogP) is 3.96. The second-order valence-electron chi connectivity index (χ2n) is 6.02. The van der Waals surface area contributed by atoms with Gasteiger partial charge in [-0.2, -0.15) is 0 Å². The van der Waals surface area contributed by atoms with Crippen molar-refractivity contribution in [2.24, 2.45) is 17.3 Å². The zero-order chi connectivity index (χ0) is 10.7. The van der Waals surface area contributed by atoms with Crippen molar-refractivity contribution in [2.45, 2.75) is 64.7 Å². The molecule has 0 atom stereocenters. The lowest BCUT2D eigenvalue weighted by atomic mass is 9.72. The van der Waals surface area contributed by atoms with Gasteiger partial charge in [0.1, 0.15) is 6.29 Å². The third-order valence-corrected chi connectivity index (χ3v) is 4.68. The Balaban J connectivity index is 1.87. The fourth-order valence-corrected chi connectivity index (χ4v) is 3.56. The van der Waals surface area contributed by atoms with Gasteiger partial charge in [-0.3, -0.25) is 0 Å². The van der Waals surface area contributed by atoms with Gasteiger partial charge in [-0.25, -0.2) is 0 Å². The maximum absolute atomic E-state index is 11.3. The van der Waals surface area contributed by atoms with Crippen LogP contribution in [-0.2, 0) is 4.79 Å². The Morgan fingerprint density at radius 3 is 2.27 bits per heavy atom. The summed E-state index contributed by atoms with van der Waals surface area (Å²) in [6.45, 7) is 2.36. The maximum atomic E-state index is 11.3. The first-order chi connectivity index (χ1) is 7.24. The predicted molar refractivity (Wildman–Crippen MR) is 62.7 cm³/mol. The van der Waals surface area contributed by atoms with Crippen LogP contribution < -0.4 is 0 Å². The van der Waals surface area contributed by atoms with Crippen LogP contribution in [0.5, 0.6) is 0 Å². The second-order valence-corrected chi connectivity index (χ2v) is 6.02. The van der Waals surface area contributed by atoms with Crippen LogP contribution in [0.1, 0.15) is 64.7 Å². The van der Waals surface area contributed by atoms with Gasteiger partial charge in [0.15, 0.2) is 0 Å². The van der Waals surface area contributed by atoms with Crippen LogP contribution in [0.2, 0.25) is 0 Å². The Morgan fingerprint density at radius 1 is 1.13 bits per heavy atom. The molecule has 0 heterocycles. The number of hydrogen-bond donors (Lipinski definition) is 0. The molecule has 1 nitrogen and oxygen atoms in total. The summed E-state index contributed by atoms with van der Waals surface area (Å²) < 4.78 is 0. The summed E-state index contributed by atoms with van der Waals surface area (Å²) in [7, 11) is 0. The normalized spacial score (nSPS) is 35.3. The van der Waals surface area contributed by atoms with E-state index >= 15 is 0 Å². The largest absolute Gasteiger partial charge is 0.303 e. The third kappa shape index (κ3) is 2.62. The minimum Gasteiger partial charge on any atom is -0.303 e. The van der Waals surface area contributed by atoms with Crippen LogP contribution in [0.25, 0.3) is 0 Å². The van der Waals surface area contributed by atoms with Gasteiger partial charge in [0.25, 0.3) is 0 Å². The summed E-state index contributed by atoms with van der Waals surface area (Å²) in [5.74, 6) is 1.78. The Kier molecular flexibility index (Phi) is 3.48. The molecule has 2 aliphatic carbocycles. The standard InChI is InChI=1S/C14H24O/c1-12-4-6-13(7-5-12)10-14(11-15)8-2-3-9-14/h11-13H,2-10H2,1H3. The van der Waals surface area contributed by atoms with E-state index in [0.29, 0.717) is 0 Å². The van der Waals surface area contributed by atoms with Crippen molar-refractivity contribution >= 4 is 6.29 Å². The van der Waals surface area contributed by atoms with Crippen molar-refractivity contribution < 1.29 is 4.79 Å². The summed E-state index contributed by atoms with van der Waals surface area (Å²) in [6, 6.07) is 0. The van der Waals surface area contributed by atoms with E-state index in [9.17, 15) is 4.79 Å². The first-order valence-corrected chi connectivity index (χ1v) is 6.70. The molecule has 0 aromatic carbocycles. The Morgan fingerprint density at radius 2 is 1.73 bits per heavy atom. The van der Waals surface area contributed by atoms with E-state index in [0.717, 1.165) is 11.8 Å². The molecule has 2 saturated carbocycles. The van der Waals surface area contributed by atoms with Gasteiger partial charge >= 0.3 is 0 Å². The fraction of sp³-hybridized carbons (Fsp3) is 0.929. The minimum absolute atomic E-state index is 0.102. The number of rotatable bonds is 3. The average molecular weight is 208 g/mol. The number of carbonyl (C=O) groups is 1. The minimum atomic E-state index is 0.102. The SMILES string of the molecule is CC1CCC(CC2(C=O)CCCC2)CC1. The molecule has 2 aliphatic rings. The molecule has 0 aromatic heterocycles. The van der Waals surface area contributed by atoms with Crippen molar-refractivity contribution in [2.75, 3.05) is 0 Å². The topological polar surface area (TPSA) is 17.1 Å². The summed E-state index contributed by atoms with van der Waals surface area (Å²) in [5.41, 5.74) is 0.102. The van der Waals surface area contributed by atoms with Gasteiger partial charge in [0.05, 0.1) is 0 Å². The number of carbonyl (C=O) groups excluding carboxylic acids is 1. The van der Waals surface area contributed by atoms with Gasteiger partial charge in [-0.15, -0.1) is 0 Å². The quantitative estimate of drug-likeness (QED) is 0.641. The van der Waals surface area contributed by atoms with Crippen LogP contribution in [0.4, 0.5) is 0 Å². The lowest BCUT2D eigenvalue weighted by molar-refractivity contribution is -0.117. The highest BCUT2D eigenvalue weighted by molar-refractivity contribution is 5.59. The zero-order valence-corrected chi connectivity index (χ0v) is 10.0. The molecule has 0 aliphatic heterocycles. The molecular formula is C14H24O. The molecule has 0 spiro atoms. The first kappa shape index (κ1) is 11.2. The average Bonchev–Trinajstić information content (AvgIpc) is 2.71. The van der Waals surface area contributed by atoms with E-state index < -0.39 is 0 Å². The molecule has 2 rings (SSSR count). The molecule has 2 fully saturated rings. The highest BCUT2D eigenvalue weighted by Gasteiger charge is 2.36. The molecule has 0 amide bonds. The van der Waals surface area contributed by atoms with Gasteiger partial charge in [0.2, 0.25) is 0 Å². The Labute approximate surface area is 93.6 Å². The molecule has 0 radical (unpaired) electrons. The molecule has 15 heavy (non-hydrogen) atoms. The summed E-state index contributed by atoms with van der Waals surface area (Å²) in [5, 5.41) is 0. The van der Waals surface area contributed by atoms with Gasteiger partial charge in [-0.1, -0.05) is 45.4 Å². The monoisotopic (exact) mass is 208 g/mol. The van der Waals surface area contributed by atoms with E-state index in [-0.39, 0.29) is 5.41 Å². The lowest BCUT2D eigenvalue weighted by Crippen LogP contribution is -2.24. The van der Waals surface area contributed by atoms with E-state index in [1.807, 2.05) is 0 Å². The lowest BCUT2D eigenvalue weighted by Gasteiger charge is -2.32.